The molecule has 0 spiro atoms. The van der Waals surface area contributed by atoms with Gasteiger partial charge in [0, 0.05) is 0 Å². The molecular weight excluding hydrogens is 276 g/mol. The third kappa shape index (κ3) is 2.40. The van der Waals surface area contributed by atoms with Gasteiger partial charge in [-0.2, -0.15) is 0 Å². The van der Waals surface area contributed by atoms with Crippen LogP contribution in [0, 0.1) is 9.52 Å². The number of carboxylic acids is 1. The number of hydrogen-bond donors (Lipinski definition) is 1. The van der Waals surface area contributed by atoms with Crippen molar-refractivity contribution in [3.8, 4) is 0 Å². The Morgan fingerprint density at radius 2 is 2.33 bits per heavy atom. The number of carboxylic acid groups (broad SMARTS) is 1. The van der Waals surface area contributed by atoms with Crippen molar-refractivity contribution in [2.24, 2.45) is 0 Å². The first-order valence-electron chi connectivity index (χ1n) is 3.12. The summed E-state index contributed by atoms with van der Waals surface area (Å²) >= 11 is 1.90. The molecule has 12 heavy (non-hydrogen) atoms. The van der Waals surface area contributed by atoms with Crippen molar-refractivity contribution in [1.82, 2.24) is 4.98 Å². The minimum atomic E-state index is -1.08. The molecule has 0 amide bonds. The summed E-state index contributed by atoms with van der Waals surface area (Å²) in [6.45, 7) is 0. The fraction of sp³-hybridized carbons (Fsp3) is 0.143. The van der Waals surface area contributed by atoms with E-state index in [1.807, 2.05) is 22.6 Å². The molecule has 0 atom stereocenters. The average molecular weight is 281 g/mol. The van der Waals surface area contributed by atoms with E-state index in [9.17, 15) is 9.18 Å². The summed E-state index contributed by atoms with van der Waals surface area (Å²) in [5.74, 6) is -1.65. The van der Waals surface area contributed by atoms with Crippen LogP contribution in [0.15, 0.2) is 12.1 Å². The second-order valence-corrected chi connectivity index (χ2v) is 3.24. The summed E-state index contributed by atoms with van der Waals surface area (Å²) in [4.78, 5) is 14.0. The molecule has 0 aliphatic carbocycles. The van der Waals surface area contributed by atoms with Gasteiger partial charge >= 0.3 is 5.97 Å². The van der Waals surface area contributed by atoms with Gasteiger partial charge in [-0.3, -0.25) is 4.79 Å². The molecular formula is C7H5FINO2. The van der Waals surface area contributed by atoms with Crippen molar-refractivity contribution in [2.75, 3.05) is 0 Å². The molecule has 0 aliphatic heterocycles. The second-order valence-electron chi connectivity index (χ2n) is 2.13. The summed E-state index contributed by atoms with van der Waals surface area (Å²) < 4.78 is 13.4. The van der Waals surface area contributed by atoms with E-state index in [2.05, 4.69) is 4.98 Å². The monoisotopic (exact) mass is 281 g/mol. The van der Waals surface area contributed by atoms with Crippen molar-refractivity contribution in [2.45, 2.75) is 6.42 Å². The van der Waals surface area contributed by atoms with Crippen molar-refractivity contribution >= 4 is 28.6 Å². The lowest BCUT2D eigenvalue weighted by Gasteiger charge is -1.98. The van der Waals surface area contributed by atoms with Gasteiger partial charge in [0.1, 0.15) is 9.52 Å². The summed E-state index contributed by atoms with van der Waals surface area (Å²) in [6, 6.07) is 2.70. The summed E-state index contributed by atoms with van der Waals surface area (Å²) in [6.07, 6.45) is -0.372. The van der Waals surface area contributed by atoms with Gasteiger partial charge in [0.05, 0.1) is 12.1 Å². The van der Waals surface area contributed by atoms with E-state index in [-0.39, 0.29) is 12.1 Å². The highest BCUT2D eigenvalue weighted by molar-refractivity contribution is 14.1. The predicted octanol–water partition coefficient (Wildman–Crippen LogP) is 1.45. The van der Waals surface area contributed by atoms with Gasteiger partial charge in [-0.25, -0.2) is 9.37 Å². The number of hydrogen-bond acceptors (Lipinski definition) is 2. The van der Waals surface area contributed by atoms with Crippen LogP contribution in [-0.4, -0.2) is 16.1 Å². The maximum Gasteiger partial charge on any atom is 0.309 e. The van der Waals surface area contributed by atoms with Crippen molar-refractivity contribution < 1.29 is 14.3 Å². The standard InChI is InChI=1S/C7H5FINO2/c8-4-1-2-6(9)10-5(4)3-7(11)12/h1-2H,3H2,(H,11,12). The highest BCUT2D eigenvalue weighted by Gasteiger charge is 2.08. The molecule has 1 aromatic rings. The van der Waals surface area contributed by atoms with Crippen molar-refractivity contribution in [3.05, 3.63) is 27.3 Å². The quantitative estimate of drug-likeness (QED) is 0.659. The summed E-state index contributed by atoms with van der Waals surface area (Å²) in [7, 11) is 0. The molecule has 0 radical (unpaired) electrons. The zero-order valence-electron chi connectivity index (χ0n) is 5.92. The first kappa shape index (κ1) is 9.37. The highest BCUT2D eigenvalue weighted by atomic mass is 127. The Morgan fingerprint density at radius 3 is 2.92 bits per heavy atom. The van der Waals surface area contributed by atoms with Gasteiger partial charge in [0.25, 0.3) is 0 Å². The van der Waals surface area contributed by atoms with Crippen LogP contribution in [0.2, 0.25) is 0 Å². The third-order valence-electron chi connectivity index (χ3n) is 1.20. The lowest BCUT2D eigenvalue weighted by molar-refractivity contribution is -0.136. The molecule has 3 nitrogen and oxygen atoms in total. The van der Waals surface area contributed by atoms with E-state index >= 15 is 0 Å². The Bertz CT molecular complexity index is 316. The molecule has 0 saturated carbocycles. The maximum absolute atomic E-state index is 12.8. The Balaban J connectivity index is 2.97. The largest absolute Gasteiger partial charge is 0.481 e. The molecule has 0 saturated heterocycles. The van der Waals surface area contributed by atoms with E-state index in [0.717, 1.165) is 0 Å². The van der Waals surface area contributed by atoms with Crippen LogP contribution in [-0.2, 0) is 11.2 Å². The number of carbonyl (C=O) groups is 1. The molecule has 64 valence electrons. The molecule has 1 N–H and O–H groups in total. The molecule has 0 fully saturated rings. The van der Waals surface area contributed by atoms with E-state index < -0.39 is 11.8 Å². The third-order valence-corrected chi connectivity index (χ3v) is 1.80. The molecule has 0 unspecified atom stereocenters. The average Bonchev–Trinajstić information content (AvgIpc) is 1.96. The predicted molar refractivity (Wildman–Crippen MR) is 48.3 cm³/mol. The van der Waals surface area contributed by atoms with Gasteiger partial charge in [-0.15, -0.1) is 0 Å². The normalized spacial score (nSPS) is 9.83. The Labute approximate surface area is 81.8 Å². The minimum Gasteiger partial charge on any atom is -0.481 e. The SMILES string of the molecule is O=C(O)Cc1nc(I)ccc1F. The van der Waals surface area contributed by atoms with Crippen LogP contribution in [0.5, 0.6) is 0 Å². The van der Waals surface area contributed by atoms with Crippen LogP contribution in [0.1, 0.15) is 5.69 Å². The zero-order valence-corrected chi connectivity index (χ0v) is 8.08. The summed E-state index contributed by atoms with van der Waals surface area (Å²) in [5.41, 5.74) is -0.0191. The number of pyridine rings is 1. The highest BCUT2D eigenvalue weighted by Crippen LogP contribution is 2.08. The van der Waals surface area contributed by atoms with E-state index in [4.69, 9.17) is 5.11 Å². The number of nitrogens with zero attached hydrogens (tertiary/aromatic N) is 1. The number of halogens is 2. The van der Waals surface area contributed by atoms with Gasteiger partial charge < -0.3 is 5.11 Å². The zero-order chi connectivity index (χ0) is 9.14. The lowest BCUT2D eigenvalue weighted by atomic mass is 10.2. The maximum atomic E-state index is 12.8. The number of aromatic nitrogens is 1. The van der Waals surface area contributed by atoms with Crippen LogP contribution in [0.4, 0.5) is 4.39 Å². The van der Waals surface area contributed by atoms with E-state index in [0.29, 0.717) is 3.70 Å². The summed E-state index contributed by atoms with van der Waals surface area (Å²) in [5, 5.41) is 8.37. The van der Waals surface area contributed by atoms with Crippen molar-refractivity contribution in [1.29, 1.82) is 0 Å². The van der Waals surface area contributed by atoms with Crippen LogP contribution >= 0.6 is 22.6 Å². The van der Waals surface area contributed by atoms with Crippen LogP contribution < -0.4 is 0 Å². The minimum absolute atomic E-state index is 0.0191. The number of rotatable bonds is 2. The molecule has 0 aliphatic rings. The van der Waals surface area contributed by atoms with Gasteiger partial charge in [0.2, 0.25) is 0 Å². The molecule has 0 bridgehead atoms. The van der Waals surface area contributed by atoms with Gasteiger partial charge in [0.15, 0.2) is 0 Å². The number of aliphatic carboxylic acids is 1. The van der Waals surface area contributed by atoms with Crippen LogP contribution in [0.25, 0.3) is 0 Å². The van der Waals surface area contributed by atoms with Gasteiger partial charge in [-0.05, 0) is 34.7 Å². The first-order chi connectivity index (χ1) is 5.59. The first-order valence-corrected chi connectivity index (χ1v) is 4.20. The topological polar surface area (TPSA) is 50.2 Å². The van der Waals surface area contributed by atoms with Gasteiger partial charge in [-0.1, -0.05) is 0 Å². The fourth-order valence-corrected chi connectivity index (χ4v) is 1.20. The van der Waals surface area contributed by atoms with E-state index in [1.165, 1.54) is 12.1 Å². The van der Waals surface area contributed by atoms with E-state index in [1.54, 1.807) is 0 Å². The molecule has 1 aromatic heterocycles. The Hall–Kier alpha value is -0.720. The molecule has 5 heteroatoms. The Morgan fingerprint density at radius 1 is 1.67 bits per heavy atom. The molecule has 0 aromatic carbocycles. The van der Waals surface area contributed by atoms with Crippen LogP contribution in [0.3, 0.4) is 0 Å². The fourth-order valence-electron chi connectivity index (χ4n) is 0.725. The lowest BCUT2D eigenvalue weighted by Crippen LogP contribution is -2.05. The smallest absolute Gasteiger partial charge is 0.309 e. The Kier molecular flexibility index (Phi) is 2.96. The molecule has 1 heterocycles. The second kappa shape index (κ2) is 3.79. The van der Waals surface area contributed by atoms with Crippen molar-refractivity contribution in [3.63, 3.8) is 0 Å². The molecule has 1 rings (SSSR count).